The van der Waals surface area contributed by atoms with E-state index in [9.17, 15) is 9.18 Å². The van der Waals surface area contributed by atoms with E-state index in [4.69, 9.17) is 9.15 Å². The molecule has 0 aromatic carbocycles. The van der Waals surface area contributed by atoms with E-state index in [-0.39, 0.29) is 23.2 Å². The van der Waals surface area contributed by atoms with Gasteiger partial charge in [-0.3, -0.25) is 0 Å². The summed E-state index contributed by atoms with van der Waals surface area (Å²) in [5.74, 6) is -0.790. The number of rotatable bonds is 3. The highest BCUT2D eigenvalue weighted by atomic mass is 19.1. The van der Waals surface area contributed by atoms with Gasteiger partial charge in [0.1, 0.15) is 23.6 Å². The molecule has 92 valence electrons. The van der Waals surface area contributed by atoms with Gasteiger partial charge in [-0.2, -0.15) is 0 Å². The van der Waals surface area contributed by atoms with Crippen LogP contribution in [0, 0.1) is 11.7 Å². The highest BCUT2D eigenvalue weighted by Crippen LogP contribution is 2.21. The zero-order valence-corrected chi connectivity index (χ0v) is 9.91. The number of hydrogen-bond acceptors (Lipinski definition) is 3. The van der Waals surface area contributed by atoms with Crippen LogP contribution >= 0.6 is 0 Å². The van der Waals surface area contributed by atoms with E-state index < -0.39 is 11.8 Å². The van der Waals surface area contributed by atoms with Gasteiger partial charge in [0.15, 0.2) is 11.4 Å². The molecule has 0 aliphatic heterocycles. The van der Waals surface area contributed by atoms with Crippen molar-refractivity contribution in [2.75, 3.05) is 0 Å². The van der Waals surface area contributed by atoms with E-state index in [0.29, 0.717) is 5.58 Å². The molecule has 0 saturated carbocycles. The molecule has 0 saturated heterocycles. The van der Waals surface area contributed by atoms with Crippen LogP contribution < -0.4 is 0 Å². The van der Waals surface area contributed by atoms with Gasteiger partial charge in [0.05, 0.1) is 0 Å². The zero-order chi connectivity index (χ0) is 12.6. The van der Waals surface area contributed by atoms with Gasteiger partial charge < -0.3 is 14.1 Å². The molecule has 1 N–H and O–H groups in total. The van der Waals surface area contributed by atoms with Gasteiger partial charge in [-0.25, -0.2) is 9.18 Å². The summed E-state index contributed by atoms with van der Waals surface area (Å²) in [4.78, 5) is 14.4. The van der Waals surface area contributed by atoms with Crippen LogP contribution in [0.3, 0.4) is 0 Å². The molecule has 1 atom stereocenters. The van der Waals surface area contributed by atoms with Crippen LogP contribution in [-0.4, -0.2) is 17.1 Å². The second kappa shape index (κ2) is 4.24. The minimum atomic E-state index is -0.518. The van der Waals surface area contributed by atoms with Gasteiger partial charge in [0.25, 0.3) is 0 Å². The Kier molecular flexibility index (Phi) is 2.92. The SMILES string of the molecule is CC(C)C(C)OC(=O)c1cc2occ(F)c2[nH]1. The summed E-state index contributed by atoms with van der Waals surface area (Å²) < 4.78 is 23.3. The predicted molar refractivity (Wildman–Crippen MR) is 60.2 cm³/mol. The molecule has 0 spiro atoms. The van der Waals surface area contributed by atoms with E-state index in [1.165, 1.54) is 6.07 Å². The van der Waals surface area contributed by atoms with E-state index in [0.717, 1.165) is 6.26 Å². The van der Waals surface area contributed by atoms with Crippen molar-refractivity contribution < 1.29 is 18.3 Å². The van der Waals surface area contributed by atoms with Crippen LogP contribution in [0.15, 0.2) is 16.7 Å². The number of hydrogen-bond donors (Lipinski definition) is 1. The first-order valence-corrected chi connectivity index (χ1v) is 5.45. The second-order valence-electron chi connectivity index (χ2n) is 4.36. The summed E-state index contributed by atoms with van der Waals surface area (Å²) in [6.07, 6.45) is 0.800. The minimum absolute atomic E-state index is 0.189. The highest BCUT2D eigenvalue weighted by Gasteiger charge is 2.19. The molecule has 17 heavy (non-hydrogen) atoms. The lowest BCUT2D eigenvalue weighted by Crippen LogP contribution is -2.20. The average Bonchev–Trinajstić information content (AvgIpc) is 2.81. The quantitative estimate of drug-likeness (QED) is 0.837. The summed E-state index contributed by atoms with van der Waals surface area (Å²) in [5.41, 5.74) is 0.701. The zero-order valence-electron chi connectivity index (χ0n) is 9.91. The number of halogens is 1. The van der Waals surface area contributed by atoms with Crippen molar-refractivity contribution in [2.24, 2.45) is 5.92 Å². The lowest BCUT2D eigenvalue weighted by Gasteiger charge is -2.15. The number of ether oxygens (including phenoxy) is 1. The third-order valence-corrected chi connectivity index (χ3v) is 2.76. The van der Waals surface area contributed by atoms with Crippen molar-refractivity contribution in [1.82, 2.24) is 4.98 Å². The Balaban J connectivity index is 2.19. The molecule has 0 bridgehead atoms. The van der Waals surface area contributed by atoms with E-state index in [1.54, 1.807) is 0 Å². The van der Waals surface area contributed by atoms with E-state index in [2.05, 4.69) is 4.98 Å². The molecule has 0 amide bonds. The van der Waals surface area contributed by atoms with Crippen LogP contribution in [0.25, 0.3) is 11.1 Å². The first kappa shape index (κ1) is 11.7. The van der Waals surface area contributed by atoms with Crippen molar-refractivity contribution in [3.05, 3.63) is 23.8 Å². The van der Waals surface area contributed by atoms with Gasteiger partial charge in [-0.05, 0) is 12.8 Å². The van der Waals surface area contributed by atoms with Crippen LogP contribution in [0.4, 0.5) is 4.39 Å². The van der Waals surface area contributed by atoms with Crippen molar-refractivity contribution in [2.45, 2.75) is 26.9 Å². The van der Waals surface area contributed by atoms with Crippen molar-refractivity contribution >= 4 is 17.1 Å². The summed E-state index contributed by atoms with van der Waals surface area (Å²) in [6.45, 7) is 5.73. The molecule has 2 rings (SSSR count). The van der Waals surface area contributed by atoms with Crippen LogP contribution in [0.5, 0.6) is 0 Å². The third kappa shape index (κ3) is 2.18. The number of nitrogens with one attached hydrogen (secondary N) is 1. The molecule has 1 unspecified atom stereocenters. The number of carbonyl (C=O) groups is 1. The first-order chi connectivity index (χ1) is 7.99. The maximum atomic E-state index is 13.1. The number of aromatic amines is 1. The molecule has 0 aliphatic rings. The second-order valence-corrected chi connectivity index (χ2v) is 4.36. The Morgan fingerprint density at radius 3 is 2.76 bits per heavy atom. The Bertz CT molecular complexity index is 541. The molecule has 4 nitrogen and oxygen atoms in total. The lowest BCUT2D eigenvalue weighted by atomic mass is 10.1. The van der Waals surface area contributed by atoms with Gasteiger partial charge in [0, 0.05) is 6.07 Å². The van der Waals surface area contributed by atoms with Crippen molar-refractivity contribution in [1.29, 1.82) is 0 Å². The Labute approximate surface area is 97.7 Å². The molecule has 2 aromatic heterocycles. The fraction of sp³-hybridized carbons (Fsp3) is 0.417. The lowest BCUT2D eigenvalue weighted by molar-refractivity contribution is 0.0232. The van der Waals surface area contributed by atoms with Crippen molar-refractivity contribution in [3.63, 3.8) is 0 Å². The first-order valence-electron chi connectivity index (χ1n) is 5.45. The van der Waals surface area contributed by atoms with Crippen molar-refractivity contribution in [3.8, 4) is 0 Å². The molecule has 5 heteroatoms. The highest BCUT2D eigenvalue weighted by molar-refractivity contribution is 5.93. The standard InChI is InChI=1S/C12H14FNO3/c1-6(2)7(3)17-12(15)9-4-10-11(14-9)8(13)5-16-10/h4-7,14H,1-3H3. The summed E-state index contributed by atoms with van der Waals surface area (Å²) in [7, 11) is 0. The molecule has 0 aliphatic carbocycles. The molecular formula is C12H14FNO3. The van der Waals surface area contributed by atoms with Crippen LogP contribution in [-0.2, 0) is 4.74 Å². The molecule has 2 heterocycles. The summed E-state index contributed by atoms with van der Waals surface area (Å²) >= 11 is 0. The smallest absolute Gasteiger partial charge is 0.355 e. The fourth-order valence-corrected chi connectivity index (χ4v) is 1.36. The topological polar surface area (TPSA) is 55.2 Å². The average molecular weight is 239 g/mol. The number of fused-ring (bicyclic) bond motifs is 1. The van der Waals surface area contributed by atoms with Gasteiger partial charge >= 0.3 is 5.97 Å². The fourth-order valence-electron chi connectivity index (χ4n) is 1.36. The van der Waals surface area contributed by atoms with Gasteiger partial charge in [-0.15, -0.1) is 0 Å². The van der Waals surface area contributed by atoms with E-state index >= 15 is 0 Å². The Hall–Kier alpha value is -1.78. The maximum absolute atomic E-state index is 13.1. The van der Waals surface area contributed by atoms with Crippen LogP contribution in [0.2, 0.25) is 0 Å². The number of furan rings is 1. The number of carbonyl (C=O) groups excluding carboxylic acids is 1. The van der Waals surface area contributed by atoms with Crippen LogP contribution in [0.1, 0.15) is 31.3 Å². The minimum Gasteiger partial charge on any atom is -0.459 e. The summed E-state index contributed by atoms with van der Waals surface area (Å²) in [6, 6.07) is 1.44. The van der Waals surface area contributed by atoms with Gasteiger partial charge in [0.2, 0.25) is 0 Å². The normalized spacial score (nSPS) is 13.2. The molecular weight excluding hydrogens is 225 g/mol. The van der Waals surface area contributed by atoms with Gasteiger partial charge in [-0.1, -0.05) is 13.8 Å². The largest absolute Gasteiger partial charge is 0.459 e. The molecule has 2 aromatic rings. The Morgan fingerprint density at radius 2 is 2.18 bits per heavy atom. The predicted octanol–water partition coefficient (Wildman–Crippen LogP) is 3.10. The Morgan fingerprint density at radius 1 is 1.47 bits per heavy atom. The summed E-state index contributed by atoms with van der Waals surface area (Å²) in [5, 5.41) is 0. The maximum Gasteiger partial charge on any atom is 0.355 e. The monoisotopic (exact) mass is 239 g/mol. The molecule has 0 radical (unpaired) electrons. The number of H-pyrrole nitrogens is 1. The molecule has 0 fully saturated rings. The number of esters is 1. The van der Waals surface area contributed by atoms with E-state index in [1.807, 2.05) is 20.8 Å². The number of aromatic nitrogens is 1. The third-order valence-electron chi connectivity index (χ3n) is 2.76.